The topological polar surface area (TPSA) is 69.7 Å². The average Bonchev–Trinajstić information content (AvgIpc) is 3.22. The van der Waals surface area contributed by atoms with Crippen LogP contribution in [0.25, 0.3) is 10.6 Å². The minimum absolute atomic E-state index is 0.107. The van der Waals surface area contributed by atoms with Gasteiger partial charge >= 0.3 is 0 Å². The molecule has 8 heteroatoms. The molecule has 29 heavy (non-hydrogen) atoms. The van der Waals surface area contributed by atoms with Gasteiger partial charge in [-0.1, -0.05) is 12.1 Å². The highest BCUT2D eigenvalue weighted by Crippen LogP contribution is 2.30. The third kappa shape index (κ3) is 5.65. The van der Waals surface area contributed by atoms with Gasteiger partial charge in [0.15, 0.2) is 0 Å². The van der Waals surface area contributed by atoms with Crippen LogP contribution >= 0.6 is 23.1 Å². The molecule has 1 aromatic heterocycles. The summed E-state index contributed by atoms with van der Waals surface area (Å²) in [4.78, 5) is 17.0. The van der Waals surface area contributed by atoms with Gasteiger partial charge in [0.05, 0.1) is 38.5 Å². The fourth-order valence-corrected chi connectivity index (χ4v) is 4.25. The lowest BCUT2D eigenvalue weighted by Crippen LogP contribution is -2.15. The van der Waals surface area contributed by atoms with E-state index in [1.165, 1.54) is 11.8 Å². The summed E-state index contributed by atoms with van der Waals surface area (Å²) in [7, 11) is 4.79. The number of benzene rings is 2. The van der Waals surface area contributed by atoms with E-state index in [9.17, 15) is 4.79 Å². The van der Waals surface area contributed by atoms with Crippen LogP contribution in [0.4, 0.5) is 5.69 Å². The minimum Gasteiger partial charge on any atom is -0.497 e. The Balaban J connectivity index is 1.54. The number of amides is 1. The van der Waals surface area contributed by atoms with Crippen molar-refractivity contribution in [2.75, 3.05) is 32.4 Å². The van der Waals surface area contributed by atoms with E-state index in [0.29, 0.717) is 28.7 Å². The van der Waals surface area contributed by atoms with Gasteiger partial charge in [-0.3, -0.25) is 4.79 Å². The molecular weight excluding hydrogens is 408 g/mol. The first-order valence-corrected chi connectivity index (χ1v) is 10.8. The largest absolute Gasteiger partial charge is 0.497 e. The maximum atomic E-state index is 12.3. The highest BCUT2D eigenvalue weighted by Gasteiger charge is 2.11. The fourth-order valence-electron chi connectivity index (χ4n) is 2.61. The Kier molecular flexibility index (Phi) is 7.37. The number of carbonyl (C=O) groups excluding carboxylic acids is 1. The Morgan fingerprint density at radius 2 is 1.86 bits per heavy atom. The van der Waals surface area contributed by atoms with E-state index in [1.807, 2.05) is 29.6 Å². The Bertz CT molecular complexity index is 975. The van der Waals surface area contributed by atoms with Crippen LogP contribution in [0.2, 0.25) is 0 Å². The number of ether oxygens (including phenoxy) is 3. The van der Waals surface area contributed by atoms with E-state index in [2.05, 4.69) is 10.3 Å². The predicted octanol–water partition coefficient (Wildman–Crippen LogP) is 4.71. The zero-order chi connectivity index (χ0) is 20.6. The lowest BCUT2D eigenvalue weighted by Gasteiger charge is -2.11. The molecule has 1 heterocycles. The van der Waals surface area contributed by atoms with Crippen molar-refractivity contribution in [1.29, 1.82) is 0 Å². The summed E-state index contributed by atoms with van der Waals surface area (Å²) in [5, 5.41) is 5.82. The Hall–Kier alpha value is -2.71. The second-order valence-electron chi connectivity index (χ2n) is 5.98. The molecule has 0 spiro atoms. The molecule has 0 fully saturated rings. The van der Waals surface area contributed by atoms with Gasteiger partial charge in [0.25, 0.3) is 0 Å². The molecule has 0 aliphatic carbocycles. The number of methoxy groups -OCH3 is 3. The van der Waals surface area contributed by atoms with E-state index in [1.54, 1.807) is 50.9 Å². The molecule has 1 amide bonds. The monoisotopic (exact) mass is 430 g/mol. The quantitative estimate of drug-likeness (QED) is 0.530. The second-order valence-corrected chi connectivity index (χ2v) is 7.83. The maximum Gasteiger partial charge on any atom is 0.234 e. The van der Waals surface area contributed by atoms with Gasteiger partial charge in [0, 0.05) is 22.8 Å². The van der Waals surface area contributed by atoms with E-state index in [4.69, 9.17) is 14.2 Å². The van der Waals surface area contributed by atoms with Crippen molar-refractivity contribution in [1.82, 2.24) is 4.98 Å². The standard InChI is InChI=1S/C21H22N2O4S2/c1-25-16-6-4-5-14(9-16)21-22-15(12-29-21)11-28-13-20(24)23-18-10-17(26-2)7-8-19(18)27-3/h4-10,12H,11,13H2,1-3H3,(H,23,24). The van der Waals surface area contributed by atoms with E-state index >= 15 is 0 Å². The lowest BCUT2D eigenvalue weighted by molar-refractivity contribution is -0.113. The number of thiazole rings is 1. The Morgan fingerprint density at radius 3 is 2.62 bits per heavy atom. The Morgan fingerprint density at radius 1 is 1.07 bits per heavy atom. The van der Waals surface area contributed by atoms with Crippen LogP contribution in [0.3, 0.4) is 0 Å². The molecule has 0 atom stereocenters. The number of aromatic nitrogens is 1. The summed E-state index contributed by atoms with van der Waals surface area (Å²) in [6.07, 6.45) is 0. The zero-order valence-electron chi connectivity index (χ0n) is 16.4. The molecule has 0 aliphatic rings. The second kappa shape index (κ2) is 10.2. The molecule has 3 rings (SSSR count). The maximum absolute atomic E-state index is 12.3. The highest BCUT2D eigenvalue weighted by atomic mass is 32.2. The summed E-state index contributed by atoms with van der Waals surface area (Å²) in [6.45, 7) is 0. The molecule has 0 bridgehead atoms. The molecule has 152 valence electrons. The van der Waals surface area contributed by atoms with Crippen LogP contribution in [0.5, 0.6) is 17.2 Å². The number of hydrogen-bond donors (Lipinski definition) is 1. The van der Waals surface area contributed by atoms with Gasteiger partial charge in [-0.2, -0.15) is 0 Å². The highest BCUT2D eigenvalue weighted by molar-refractivity contribution is 7.99. The van der Waals surface area contributed by atoms with Crippen LogP contribution in [0.15, 0.2) is 47.8 Å². The van der Waals surface area contributed by atoms with Crippen molar-refractivity contribution >= 4 is 34.7 Å². The normalized spacial score (nSPS) is 10.4. The smallest absolute Gasteiger partial charge is 0.234 e. The molecule has 0 saturated heterocycles. The number of nitrogens with zero attached hydrogens (tertiary/aromatic N) is 1. The van der Waals surface area contributed by atoms with Crippen molar-refractivity contribution in [3.05, 3.63) is 53.5 Å². The molecule has 3 aromatic rings. The molecule has 0 saturated carbocycles. The predicted molar refractivity (Wildman–Crippen MR) is 118 cm³/mol. The van der Waals surface area contributed by atoms with E-state index in [0.717, 1.165) is 22.0 Å². The van der Waals surface area contributed by atoms with Gasteiger partial charge in [-0.25, -0.2) is 4.98 Å². The average molecular weight is 431 g/mol. The molecule has 0 unspecified atom stereocenters. The number of thioether (sulfide) groups is 1. The van der Waals surface area contributed by atoms with Crippen molar-refractivity contribution in [3.63, 3.8) is 0 Å². The summed E-state index contributed by atoms with van der Waals surface area (Å²) in [6, 6.07) is 13.1. The van der Waals surface area contributed by atoms with Crippen LogP contribution in [0.1, 0.15) is 5.69 Å². The summed E-state index contributed by atoms with van der Waals surface area (Å²) < 4.78 is 15.8. The van der Waals surface area contributed by atoms with Gasteiger partial charge in [0.1, 0.15) is 22.3 Å². The first-order chi connectivity index (χ1) is 14.1. The molecule has 0 radical (unpaired) electrons. The van der Waals surface area contributed by atoms with Crippen LogP contribution in [-0.2, 0) is 10.5 Å². The van der Waals surface area contributed by atoms with E-state index in [-0.39, 0.29) is 5.91 Å². The zero-order valence-corrected chi connectivity index (χ0v) is 18.1. The third-order valence-electron chi connectivity index (χ3n) is 4.03. The Labute approximate surface area is 178 Å². The summed E-state index contributed by atoms with van der Waals surface area (Å²) in [5.41, 5.74) is 2.56. The molecule has 6 nitrogen and oxygen atoms in total. The van der Waals surface area contributed by atoms with Crippen LogP contribution in [-0.4, -0.2) is 38.0 Å². The van der Waals surface area contributed by atoms with Gasteiger partial charge < -0.3 is 19.5 Å². The number of carbonyl (C=O) groups is 1. The third-order valence-corrected chi connectivity index (χ3v) is 5.94. The molecular formula is C21H22N2O4S2. The van der Waals surface area contributed by atoms with Crippen molar-refractivity contribution in [2.24, 2.45) is 0 Å². The van der Waals surface area contributed by atoms with Crippen LogP contribution in [0, 0.1) is 0 Å². The van der Waals surface area contributed by atoms with Crippen molar-refractivity contribution in [3.8, 4) is 27.8 Å². The summed E-state index contributed by atoms with van der Waals surface area (Å²) in [5.74, 6) is 2.91. The molecule has 2 aromatic carbocycles. The lowest BCUT2D eigenvalue weighted by atomic mass is 10.2. The van der Waals surface area contributed by atoms with Gasteiger partial charge in [-0.05, 0) is 24.3 Å². The van der Waals surface area contributed by atoms with Gasteiger partial charge in [-0.15, -0.1) is 23.1 Å². The molecule has 1 N–H and O–H groups in total. The molecule has 0 aliphatic heterocycles. The van der Waals surface area contributed by atoms with Gasteiger partial charge in [0.2, 0.25) is 5.91 Å². The van der Waals surface area contributed by atoms with Crippen LogP contribution < -0.4 is 19.5 Å². The number of nitrogens with one attached hydrogen (secondary N) is 1. The number of hydrogen-bond acceptors (Lipinski definition) is 7. The fraction of sp³-hybridized carbons (Fsp3) is 0.238. The van der Waals surface area contributed by atoms with Crippen molar-refractivity contribution in [2.45, 2.75) is 5.75 Å². The van der Waals surface area contributed by atoms with E-state index < -0.39 is 0 Å². The first-order valence-electron chi connectivity index (χ1n) is 8.81. The van der Waals surface area contributed by atoms with Crippen molar-refractivity contribution < 1.29 is 19.0 Å². The number of rotatable bonds is 9. The SMILES string of the molecule is COc1cccc(-c2nc(CSCC(=O)Nc3cc(OC)ccc3OC)cs2)c1. The number of anilines is 1. The summed E-state index contributed by atoms with van der Waals surface area (Å²) >= 11 is 3.09. The minimum atomic E-state index is -0.107. The first kappa shape index (κ1) is 21.0.